The van der Waals surface area contributed by atoms with Crippen LogP contribution in [-0.4, -0.2) is 61.4 Å². The molecule has 32 heavy (non-hydrogen) atoms. The van der Waals surface area contributed by atoms with Gasteiger partial charge in [0.05, 0.1) is 6.54 Å². The van der Waals surface area contributed by atoms with Crippen molar-refractivity contribution in [2.45, 2.75) is 59.0 Å². The van der Waals surface area contributed by atoms with Gasteiger partial charge in [-0.05, 0) is 62.1 Å². The Kier molecular flexibility index (Phi) is 11.8. The average Bonchev–Trinajstić information content (AvgIpc) is 2.78. The fourth-order valence-electron chi connectivity index (χ4n) is 4.74. The van der Waals surface area contributed by atoms with Crippen LogP contribution in [0.1, 0.15) is 57.1 Å². The lowest BCUT2D eigenvalue weighted by Gasteiger charge is -2.34. The van der Waals surface area contributed by atoms with Crippen LogP contribution in [0, 0.1) is 11.8 Å². The van der Waals surface area contributed by atoms with Gasteiger partial charge in [-0.3, -0.25) is 9.69 Å². The molecule has 0 aromatic heterocycles. The molecule has 2 fully saturated rings. The van der Waals surface area contributed by atoms with Crippen LogP contribution >= 0.6 is 24.0 Å². The minimum Gasteiger partial charge on any atom is -0.359 e. The largest absolute Gasteiger partial charge is 0.359 e. The molecule has 0 bridgehead atoms. The lowest BCUT2D eigenvalue weighted by atomic mass is 9.93. The highest BCUT2D eigenvalue weighted by Crippen LogP contribution is 2.21. The van der Waals surface area contributed by atoms with Gasteiger partial charge in [0.1, 0.15) is 0 Å². The van der Waals surface area contributed by atoms with E-state index in [0.717, 1.165) is 50.9 Å². The number of halogens is 1. The molecule has 1 atom stereocenters. The molecule has 180 valence electrons. The van der Waals surface area contributed by atoms with E-state index in [0.29, 0.717) is 18.9 Å². The number of guanidine groups is 1. The van der Waals surface area contributed by atoms with Gasteiger partial charge in [0.25, 0.3) is 0 Å². The highest BCUT2D eigenvalue weighted by molar-refractivity contribution is 14.0. The van der Waals surface area contributed by atoms with Crippen molar-refractivity contribution in [1.82, 2.24) is 20.4 Å². The molecule has 2 N–H and O–H groups in total. The zero-order valence-electron chi connectivity index (χ0n) is 20.1. The first-order chi connectivity index (χ1) is 15.1. The highest BCUT2D eigenvalue weighted by Gasteiger charge is 2.23. The van der Waals surface area contributed by atoms with Gasteiger partial charge < -0.3 is 15.5 Å². The van der Waals surface area contributed by atoms with Crippen molar-refractivity contribution in [2.24, 2.45) is 16.8 Å². The van der Waals surface area contributed by atoms with E-state index in [1.807, 2.05) is 0 Å². The van der Waals surface area contributed by atoms with Crippen molar-refractivity contribution in [3.63, 3.8) is 0 Å². The Morgan fingerprint density at radius 3 is 2.41 bits per heavy atom. The zero-order valence-corrected chi connectivity index (χ0v) is 22.4. The maximum Gasteiger partial charge on any atom is 0.220 e. The van der Waals surface area contributed by atoms with Gasteiger partial charge in [-0.15, -0.1) is 24.0 Å². The number of piperidine rings is 2. The Bertz CT molecular complexity index is 716. The fraction of sp³-hybridized carbons (Fsp3) is 0.680. The maximum atomic E-state index is 11.6. The number of aliphatic imine (C=N–C) groups is 1. The molecule has 3 rings (SSSR count). The maximum absolute atomic E-state index is 11.6. The van der Waals surface area contributed by atoms with E-state index < -0.39 is 0 Å². The van der Waals surface area contributed by atoms with E-state index >= 15 is 0 Å². The predicted molar refractivity (Wildman–Crippen MR) is 143 cm³/mol. The molecule has 2 aliphatic heterocycles. The molecule has 1 aromatic rings. The number of nitrogens with one attached hydrogen (secondary N) is 2. The molecule has 1 unspecified atom stereocenters. The number of likely N-dealkylation sites (tertiary alicyclic amines) is 2. The molecule has 0 radical (unpaired) electrons. The summed E-state index contributed by atoms with van der Waals surface area (Å²) in [6.45, 7) is 11.5. The average molecular weight is 556 g/mol. The minimum atomic E-state index is 0. The molecule has 2 saturated heterocycles. The second kappa shape index (κ2) is 14.0. The summed E-state index contributed by atoms with van der Waals surface area (Å²) in [7, 11) is 1.72. The predicted octanol–water partition coefficient (Wildman–Crippen LogP) is 3.85. The van der Waals surface area contributed by atoms with Crippen LogP contribution in [0.5, 0.6) is 0 Å². The molecule has 0 saturated carbocycles. The van der Waals surface area contributed by atoms with Crippen LogP contribution in [0.4, 0.5) is 0 Å². The summed E-state index contributed by atoms with van der Waals surface area (Å²) in [5.41, 5.74) is 2.65. The summed E-state index contributed by atoms with van der Waals surface area (Å²) in [6.07, 6.45) is 5.42. The molecule has 0 spiro atoms. The van der Waals surface area contributed by atoms with E-state index in [9.17, 15) is 4.79 Å². The minimum absolute atomic E-state index is 0. The quantitative estimate of drug-likeness (QED) is 0.305. The lowest BCUT2D eigenvalue weighted by molar-refractivity contribution is -0.121. The summed E-state index contributed by atoms with van der Waals surface area (Å²) >= 11 is 0. The second-order valence-corrected chi connectivity index (χ2v) is 9.28. The molecule has 1 amide bonds. The third-order valence-corrected chi connectivity index (χ3v) is 6.58. The number of nitrogens with zero attached hydrogens (tertiary/aromatic N) is 3. The number of carbonyl (C=O) groups is 1. The highest BCUT2D eigenvalue weighted by atomic mass is 127. The molecule has 1 aromatic carbocycles. The van der Waals surface area contributed by atoms with Crippen LogP contribution in [-0.2, 0) is 17.9 Å². The van der Waals surface area contributed by atoms with Gasteiger partial charge in [-0.25, -0.2) is 4.99 Å². The number of rotatable bonds is 7. The van der Waals surface area contributed by atoms with Crippen LogP contribution in [0.15, 0.2) is 29.3 Å². The van der Waals surface area contributed by atoms with Crippen LogP contribution in [0.2, 0.25) is 0 Å². The standard InChI is InChI=1S/C25H41N5O.HI/c1-4-27-25(30-14-11-21(12-15-30)16-24(31)26-3)28-17-22-7-9-23(10-8-22)19-29-13-5-6-20(2)18-29;/h7-10,20-21H,4-6,11-19H2,1-3H3,(H,26,31)(H,27,28);1H. The summed E-state index contributed by atoms with van der Waals surface area (Å²) in [4.78, 5) is 21.5. The van der Waals surface area contributed by atoms with Crippen molar-refractivity contribution in [3.8, 4) is 0 Å². The van der Waals surface area contributed by atoms with Crippen LogP contribution < -0.4 is 10.6 Å². The number of amides is 1. The molecular weight excluding hydrogens is 513 g/mol. The Labute approximate surface area is 211 Å². The van der Waals surface area contributed by atoms with Gasteiger partial charge in [0.2, 0.25) is 5.91 Å². The first kappa shape index (κ1) is 26.9. The fourth-order valence-corrected chi connectivity index (χ4v) is 4.74. The van der Waals surface area contributed by atoms with E-state index in [2.05, 4.69) is 58.5 Å². The second-order valence-electron chi connectivity index (χ2n) is 9.28. The third-order valence-electron chi connectivity index (χ3n) is 6.58. The molecule has 7 heteroatoms. The topological polar surface area (TPSA) is 60.0 Å². The number of carbonyl (C=O) groups excluding carboxylic acids is 1. The van der Waals surface area contributed by atoms with Gasteiger partial charge in [-0.1, -0.05) is 31.2 Å². The van der Waals surface area contributed by atoms with E-state index in [1.165, 1.54) is 37.1 Å². The monoisotopic (exact) mass is 555 g/mol. The molecule has 6 nitrogen and oxygen atoms in total. The Morgan fingerprint density at radius 1 is 1.09 bits per heavy atom. The number of benzene rings is 1. The van der Waals surface area contributed by atoms with E-state index in [4.69, 9.17) is 4.99 Å². The Balaban J connectivity index is 0.00000363. The Morgan fingerprint density at radius 2 is 1.78 bits per heavy atom. The summed E-state index contributed by atoms with van der Waals surface area (Å²) in [6, 6.07) is 8.99. The molecule has 0 aliphatic carbocycles. The number of hydrogen-bond donors (Lipinski definition) is 2. The normalized spacial score (nSPS) is 20.5. The lowest BCUT2D eigenvalue weighted by Crippen LogP contribution is -2.46. The van der Waals surface area contributed by atoms with E-state index in [1.54, 1.807) is 7.05 Å². The van der Waals surface area contributed by atoms with Gasteiger partial charge >= 0.3 is 0 Å². The van der Waals surface area contributed by atoms with Crippen molar-refractivity contribution < 1.29 is 4.79 Å². The van der Waals surface area contributed by atoms with Crippen molar-refractivity contribution in [1.29, 1.82) is 0 Å². The number of hydrogen-bond acceptors (Lipinski definition) is 3. The van der Waals surface area contributed by atoms with Gasteiger partial charge in [0.15, 0.2) is 5.96 Å². The Hall–Kier alpha value is -1.35. The summed E-state index contributed by atoms with van der Waals surface area (Å²) in [5, 5.41) is 6.19. The summed E-state index contributed by atoms with van der Waals surface area (Å²) < 4.78 is 0. The van der Waals surface area contributed by atoms with Crippen LogP contribution in [0.25, 0.3) is 0 Å². The first-order valence-corrected chi connectivity index (χ1v) is 12.1. The SMILES string of the molecule is CCNC(=NCc1ccc(CN2CCCC(C)C2)cc1)N1CCC(CC(=O)NC)CC1.I. The first-order valence-electron chi connectivity index (χ1n) is 12.1. The van der Waals surface area contributed by atoms with Crippen molar-refractivity contribution in [2.75, 3.05) is 39.8 Å². The third kappa shape index (κ3) is 8.54. The molecule has 2 heterocycles. The van der Waals surface area contributed by atoms with Crippen LogP contribution in [0.3, 0.4) is 0 Å². The van der Waals surface area contributed by atoms with Crippen molar-refractivity contribution >= 4 is 35.8 Å². The summed E-state index contributed by atoms with van der Waals surface area (Å²) in [5.74, 6) is 2.44. The zero-order chi connectivity index (χ0) is 22.1. The van der Waals surface area contributed by atoms with E-state index in [-0.39, 0.29) is 29.9 Å². The smallest absolute Gasteiger partial charge is 0.220 e. The van der Waals surface area contributed by atoms with Crippen molar-refractivity contribution in [3.05, 3.63) is 35.4 Å². The molecular formula is C25H42IN5O. The van der Waals surface area contributed by atoms with Gasteiger partial charge in [-0.2, -0.15) is 0 Å². The van der Waals surface area contributed by atoms with Gasteiger partial charge in [0, 0.05) is 46.2 Å². The molecule has 2 aliphatic rings.